The van der Waals surface area contributed by atoms with Crippen molar-refractivity contribution in [1.82, 2.24) is 19.3 Å². The van der Waals surface area contributed by atoms with E-state index in [0.717, 1.165) is 75.2 Å². The topological polar surface area (TPSA) is 31.7 Å². The number of para-hydroxylation sites is 1. The number of halogens is 1. The van der Waals surface area contributed by atoms with Crippen LogP contribution in [0, 0.1) is 5.82 Å². The number of hydrogen-bond donors (Lipinski definition) is 0. The first-order valence-corrected chi connectivity index (χ1v) is 12.9. The molecule has 6 heteroatoms. The first-order chi connectivity index (χ1) is 17.5. The van der Waals surface area contributed by atoms with Gasteiger partial charge in [-0.1, -0.05) is 30.3 Å². The van der Waals surface area contributed by atoms with E-state index in [-0.39, 0.29) is 11.7 Å². The number of rotatable bonds is 8. The summed E-state index contributed by atoms with van der Waals surface area (Å²) in [7, 11) is 4.21. The molecule has 0 radical (unpaired) electrons. The van der Waals surface area contributed by atoms with Crippen LogP contribution in [0.5, 0.6) is 0 Å². The van der Waals surface area contributed by atoms with Gasteiger partial charge in [0.25, 0.3) is 5.91 Å². The Morgan fingerprint density at radius 1 is 0.861 bits per heavy atom. The highest BCUT2D eigenvalue weighted by molar-refractivity contribution is 6.10. The van der Waals surface area contributed by atoms with Crippen molar-refractivity contribution in [1.29, 1.82) is 0 Å². The first-order valence-electron chi connectivity index (χ1n) is 12.9. The Bertz CT molecular complexity index is 1340. The van der Waals surface area contributed by atoms with Crippen molar-refractivity contribution < 1.29 is 9.18 Å². The highest BCUT2D eigenvalue weighted by Gasteiger charge is 2.23. The molecule has 2 heterocycles. The van der Waals surface area contributed by atoms with Gasteiger partial charge < -0.3 is 14.4 Å². The molecular weight excluding hydrogens is 451 g/mol. The van der Waals surface area contributed by atoms with Gasteiger partial charge in [0.2, 0.25) is 0 Å². The normalized spacial score (nSPS) is 14.8. The highest BCUT2D eigenvalue weighted by Crippen LogP contribution is 2.30. The number of aryl methyl sites for hydroxylation is 1. The minimum Gasteiger partial charge on any atom is -0.340 e. The van der Waals surface area contributed by atoms with Crippen LogP contribution in [0.2, 0.25) is 0 Å². The molecule has 36 heavy (non-hydrogen) atoms. The van der Waals surface area contributed by atoms with Crippen LogP contribution in [0.4, 0.5) is 4.39 Å². The van der Waals surface area contributed by atoms with Gasteiger partial charge in [-0.05, 0) is 75.4 Å². The zero-order chi connectivity index (χ0) is 25.1. The summed E-state index contributed by atoms with van der Waals surface area (Å²) in [5.41, 5.74) is 4.32. The van der Waals surface area contributed by atoms with Crippen molar-refractivity contribution in [3.63, 3.8) is 0 Å². The quantitative estimate of drug-likeness (QED) is 0.356. The number of carbonyl (C=O) groups is 1. The van der Waals surface area contributed by atoms with Gasteiger partial charge >= 0.3 is 0 Å². The molecule has 0 saturated carbocycles. The van der Waals surface area contributed by atoms with E-state index < -0.39 is 0 Å². The van der Waals surface area contributed by atoms with Crippen molar-refractivity contribution in [2.75, 3.05) is 53.4 Å². The predicted molar refractivity (Wildman–Crippen MR) is 145 cm³/mol. The molecular formula is C30H35FN4O. The molecule has 0 bridgehead atoms. The smallest absolute Gasteiger partial charge is 0.253 e. The third-order valence-electron chi connectivity index (χ3n) is 7.30. The van der Waals surface area contributed by atoms with Gasteiger partial charge in [0.15, 0.2) is 0 Å². The molecule has 5 rings (SSSR count). The van der Waals surface area contributed by atoms with E-state index in [1.807, 2.05) is 23.1 Å². The fraction of sp³-hybridized carbons (Fsp3) is 0.367. The molecule has 5 nitrogen and oxygen atoms in total. The molecule has 3 aromatic carbocycles. The van der Waals surface area contributed by atoms with Crippen LogP contribution >= 0.6 is 0 Å². The summed E-state index contributed by atoms with van der Waals surface area (Å²) in [4.78, 5) is 20.0. The Labute approximate surface area is 212 Å². The largest absolute Gasteiger partial charge is 0.340 e. The van der Waals surface area contributed by atoms with Crippen molar-refractivity contribution in [3.05, 3.63) is 83.7 Å². The lowest BCUT2D eigenvalue weighted by atomic mass is 10.1. The van der Waals surface area contributed by atoms with Crippen LogP contribution in [0.25, 0.3) is 21.8 Å². The molecule has 1 amide bonds. The Morgan fingerprint density at radius 3 is 2.33 bits per heavy atom. The van der Waals surface area contributed by atoms with Crippen LogP contribution in [0.3, 0.4) is 0 Å². The van der Waals surface area contributed by atoms with Gasteiger partial charge in [0.05, 0.1) is 0 Å². The molecule has 4 aromatic rings. The molecule has 1 aliphatic heterocycles. The molecule has 1 fully saturated rings. The lowest BCUT2D eigenvalue weighted by molar-refractivity contribution is 0.0638. The van der Waals surface area contributed by atoms with Gasteiger partial charge in [-0.15, -0.1) is 0 Å². The second kappa shape index (κ2) is 10.8. The average Bonchev–Trinajstić information content (AvgIpc) is 3.21. The minimum atomic E-state index is -0.196. The maximum Gasteiger partial charge on any atom is 0.253 e. The molecule has 0 unspecified atom stereocenters. The number of amides is 1. The van der Waals surface area contributed by atoms with Gasteiger partial charge in [-0.3, -0.25) is 9.69 Å². The van der Waals surface area contributed by atoms with Crippen LogP contribution in [-0.2, 0) is 13.0 Å². The first kappa shape index (κ1) is 24.5. The number of benzene rings is 3. The lowest BCUT2D eigenvalue weighted by Gasteiger charge is -2.34. The van der Waals surface area contributed by atoms with Crippen molar-refractivity contribution in [2.24, 2.45) is 0 Å². The minimum absolute atomic E-state index is 0.111. The van der Waals surface area contributed by atoms with Gasteiger partial charge in [0.1, 0.15) is 5.82 Å². The number of nitrogens with zero attached hydrogens (tertiary/aromatic N) is 4. The fourth-order valence-corrected chi connectivity index (χ4v) is 5.27. The molecule has 188 valence electrons. The van der Waals surface area contributed by atoms with Crippen molar-refractivity contribution >= 4 is 27.7 Å². The van der Waals surface area contributed by atoms with Gasteiger partial charge in [-0.2, -0.15) is 0 Å². The summed E-state index contributed by atoms with van der Waals surface area (Å²) in [5.74, 6) is -0.0857. The highest BCUT2D eigenvalue weighted by atomic mass is 19.1. The lowest BCUT2D eigenvalue weighted by Crippen LogP contribution is -2.49. The summed E-state index contributed by atoms with van der Waals surface area (Å²) >= 11 is 0. The molecule has 0 spiro atoms. The number of aromatic nitrogens is 1. The molecule has 1 saturated heterocycles. The summed E-state index contributed by atoms with van der Waals surface area (Å²) in [5, 5.41) is 2.36. The van der Waals surface area contributed by atoms with Crippen LogP contribution in [0.15, 0.2) is 66.7 Å². The summed E-state index contributed by atoms with van der Waals surface area (Å²) in [6, 6.07) is 21.4. The second-order valence-corrected chi connectivity index (χ2v) is 10.1. The zero-order valence-corrected chi connectivity index (χ0v) is 21.3. The summed E-state index contributed by atoms with van der Waals surface area (Å²) < 4.78 is 15.5. The third-order valence-corrected chi connectivity index (χ3v) is 7.30. The Balaban J connectivity index is 1.27. The van der Waals surface area contributed by atoms with E-state index >= 15 is 0 Å². The molecule has 0 atom stereocenters. The predicted octanol–water partition coefficient (Wildman–Crippen LogP) is 4.89. The zero-order valence-electron chi connectivity index (χ0n) is 21.3. The molecule has 1 aromatic heterocycles. The van der Waals surface area contributed by atoms with Crippen LogP contribution in [-0.4, -0.2) is 78.5 Å². The third kappa shape index (κ3) is 5.30. The van der Waals surface area contributed by atoms with Gasteiger partial charge in [0, 0.05) is 66.6 Å². The fourth-order valence-electron chi connectivity index (χ4n) is 5.27. The SMILES string of the molecule is CN(C)CCCn1c2ccccc2c2cc(C(=O)N3CCN(CCc4ccc(F)cc4)CC3)ccc21. The number of carbonyl (C=O) groups excluding carboxylic acids is 1. The van der Waals surface area contributed by atoms with Crippen LogP contribution < -0.4 is 0 Å². The van der Waals surface area contributed by atoms with Crippen LogP contribution in [0.1, 0.15) is 22.3 Å². The maximum absolute atomic E-state index is 13.4. The van der Waals surface area contributed by atoms with Crippen molar-refractivity contribution in [3.8, 4) is 0 Å². The average molecular weight is 487 g/mol. The Morgan fingerprint density at radius 2 is 1.58 bits per heavy atom. The maximum atomic E-state index is 13.4. The van der Waals surface area contributed by atoms with E-state index in [4.69, 9.17) is 0 Å². The van der Waals surface area contributed by atoms with Gasteiger partial charge in [-0.25, -0.2) is 4.39 Å². The van der Waals surface area contributed by atoms with E-state index in [1.165, 1.54) is 28.6 Å². The number of fused-ring (bicyclic) bond motifs is 3. The summed E-state index contributed by atoms with van der Waals surface area (Å²) in [6.07, 6.45) is 1.97. The molecule has 1 aliphatic rings. The van der Waals surface area contributed by atoms with E-state index in [2.05, 4.69) is 64.9 Å². The Kier molecular flexibility index (Phi) is 7.35. The van der Waals surface area contributed by atoms with E-state index in [1.54, 1.807) is 0 Å². The standard InChI is InChI=1S/C30H35FN4O/c1-32(2)15-5-16-35-28-7-4-3-6-26(28)27-22-24(10-13-29(27)35)30(36)34-20-18-33(19-21-34)17-14-23-8-11-25(31)12-9-23/h3-4,6-13,22H,5,14-21H2,1-2H3. The molecule has 0 aliphatic carbocycles. The second-order valence-electron chi connectivity index (χ2n) is 10.1. The monoisotopic (exact) mass is 486 g/mol. The van der Waals surface area contributed by atoms with E-state index in [0.29, 0.717) is 0 Å². The number of hydrogen-bond acceptors (Lipinski definition) is 3. The van der Waals surface area contributed by atoms with Crippen molar-refractivity contribution in [2.45, 2.75) is 19.4 Å². The molecule has 0 N–H and O–H groups in total. The summed E-state index contributed by atoms with van der Waals surface area (Å²) in [6.45, 7) is 6.10. The number of piperazine rings is 1. The van der Waals surface area contributed by atoms with E-state index in [9.17, 15) is 9.18 Å². The Hall–Kier alpha value is -3.22.